The number of likely N-dealkylation sites (tertiary alicyclic amines) is 1. The molecule has 9 amide bonds. The van der Waals surface area contributed by atoms with Crippen molar-refractivity contribution in [2.24, 2.45) is 5.92 Å². The summed E-state index contributed by atoms with van der Waals surface area (Å²) in [7, 11) is 2.98. The highest BCUT2D eigenvalue weighted by molar-refractivity contribution is 7.99. The molecule has 3 rings (SSSR count). The Hall–Kier alpha value is -6.34. The molecule has 0 radical (unpaired) electrons. The molecule has 2 heterocycles. The highest BCUT2D eigenvalue weighted by Gasteiger charge is 2.39. The van der Waals surface area contributed by atoms with Gasteiger partial charge < -0.3 is 51.6 Å². The SMILES string of the molecule is CCCCCCCCCCCCCCCCSC[C@H](NC(=O)CNC(=O)CCCCCN1C(=O)C=CC1=O)C(=O)N[C@@H](CCSC)C(=O)NCC(=O)N[C@@H](CC(C)C)C(=O)N1CCC[C@H]1C(=O)N[C@@H](CSC/C=C/CC/C=C/COC(=O)c1ccccc1NC)C(=O)OC. The van der Waals surface area contributed by atoms with E-state index in [1.807, 2.05) is 44.4 Å². The van der Waals surface area contributed by atoms with E-state index in [2.05, 4.69) is 44.1 Å². The van der Waals surface area contributed by atoms with Crippen LogP contribution in [0.1, 0.15) is 185 Å². The van der Waals surface area contributed by atoms with Crippen LogP contribution >= 0.6 is 35.3 Å². The summed E-state index contributed by atoms with van der Waals surface area (Å²) in [5.41, 5.74) is 1.15. The fourth-order valence-electron chi connectivity index (χ4n) is 10.7. The van der Waals surface area contributed by atoms with Crippen molar-refractivity contribution in [1.29, 1.82) is 0 Å². The summed E-state index contributed by atoms with van der Waals surface area (Å²) in [6.45, 7) is 5.74. The third kappa shape index (κ3) is 34.4. The lowest BCUT2D eigenvalue weighted by molar-refractivity contribution is -0.146. The number of para-hydroxylation sites is 1. The van der Waals surface area contributed by atoms with Gasteiger partial charge in [-0.1, -0.05) is 147 Å². The van der Waals surface area contributed by atoms with Crippen LogP contribution < -0.4 is 37.2 Å². The third-order valence-corrected chi connectivity index (χ3v) is 18.7. The molecule has 0 spiro atoms. The molecule has 0 unspecified atom stereocenters. The minimum absolute atomic E-state index is 0.0651. The Bertz CT molecular complexity index is 2590. The lowest BCUT2D eigenvalue weighted by Gasteiger charge is -2.30. The second-order valence-corrected chi connectivity index (χ2v) is 27.3. The van der Waals surface area contributed by atoms with E-state index in [1.165, 1.54) is 130 Å². The summed E-state index contributed by atoms with van der Waals surface area (Å²) in [4.78, 5) is 148. The van der Waals surface area contributed by atoms with Gasteiger partial charge in [0.15, 0.2) is 0 Å². The lowest BCUT2D eigenvalue weighted by atomic mass is 10.0. The number of nitrogens with one attached hydrogen (secondary N) is 7. The number of nitrogens with zero attached hydrogens (tertiary/aromatic N) is 2. The Balaban J connectivity index is 1.54. The number of unbranched alkanes of at least 4 members (excludes halogenated alkanes) is 16. The molecule has 1 fully saturated rings. The van der Waals surface area contributed by atoms with E-state index in [-0.39, 0.29) is 80.6 Å². The molecule has 0 saturated carbocycles. The normalized spacial score (nSPS) is 15.0. The number of methoxy groups -OCH3 is 1. The first kappa shape index (κ1) is 81.9. The molecular formula is C69H109N9O13S3. The number of imide groups is 1. The number of hydrogen-bond acceptors (Lipinski definition) is 17. The number of thioether (sulfide) groups is 3. The first-order valence-electron chi connectivity index (χ1n) is 34.0. The summed E-state index contributed by atoms with van der Waals surface area (Å²) in [6, 6.07) is 1.99. The minimum atomic E-state index is -1.10. The molecule has 7 N–H and O–H groups in total. The molecule has 526 valence electrons. The van der Waals surface area contributed by atoms with Gasteiger partial charge in [0.2, 0.25) is 41.4 Å². The highest BCUT2D eigenvalue weighted by atomic mass is 32.2. The van der Waals surface area contributed by atoms with E-state index >= 15 is 0 Å². The number of carbonyl (C=O) groups excluding carboxylic acids is 11. The molecule has 1 saturated heterocycles. The number of benzene rings is 1. The van der Waals surface area contributed by atoms with Gasteiger partial charge >= 0.3 is 11.9 Å². The van der Waals surface area contributed by atoms with E-state index in [0.717, 1.165) is 42.8 Å². The lowest BCUT2D eigenvalue weighted by Crippen LogP contribution is -2.57. The third-order valence-electron chi connectivity index (χ3n) is 15.9. The summed E-state index contributed by atoms with van der Waals surface area (Å²) in [5, 5.41) is 19.4. The number of rotatable bonds is 52. The minimum Gasteiger partial charge on any atom is -0.467 e. The number of allylic oxidation sites excluding steroid dienone is 2. The number of ether oxygens (including phenoxy) is 2. The summed E-state index contributed by atoms with van der Waals surface area (Å²) < 4.78 is 10.4. The van der Waals surface area contributed by atoms with Crippen LogP contribution in [0.4, 0.5) is 5.69 Å². The Morgan fingerprint density at radius 2 is 1.26 bits per heavy atom. The topological polar surface area (TPSA) is 297 Å². The van der Waals surface area contributed by atoms with Crippen molar-refractivity contribution in [3.8, 4) is 0 Å². The molecule has 22 nitrogen and oxygen atoms in total. The van der Waals surface area contributed by atoms with Crippen LogP contribution in [0.3, 0.4) is 0 Å². The molecule has 2 aliphatic rings. The van der Waals surface area contributed by atoms with Gasteiger partial charge in [-0.05, 0) is 93.6 Å². The predicted octanol–water partition coefficient (Wildman–Crippen LogP) is 8.35. The van der Waals surface area contributed by atoms with Crippen molar-refractivity contribution in [3.63, 3.8) is 0 Å². The van der Waals surface area contributed by atoms with E-state index in [4.69, 9.17) is 9.47 Å². The monoisotopic (exact) mass is 1370 g/mol. The Kier molecular flexibility index (Phi) is 43.6. The van der Waals surface area contributed by atoms with E-state index in [1.54, 1.807) is 31.3 Å². The largest absolute Gasteiger partial charge is 0.467 e. The zero-order valence-electron chi connectivity index (χ0n) is 56.7. The van der Waals surface area contributed by atoms with Crippen molar-refractivity contribution in [1.82, 2.24) is 41.7 Å². The first-order chi connectivity index (χ1) is 45.4. The fourth-order valence-corrected chi connectivity index (χ4v) is 13.0. The van der Waals surface area contributed by atoms with Crippen molar-refractivity contribution in [2.45, 2.75) is 205 Å². The Labute approximate surface area is 571 Å². The zero-order chi connectivity index (χ0) is 68.7. The number of hydrogen-bond donors (Lipinski definition) is 7. The van der Waals surface area contributed by atoms with Gasteiger partial charge in [-0.25, -0.2) is 9.59 Å². The van der Waals surface area contributed by atoms with Crippen LogP contribution in [0.15, 0.2) is 60.7 Å². The molecule has 0 aliphatic carbocycles. The van der Waals surface area contributed by atoms with Crippen LogP contribution in [0, 0.1) is 5.92 Å². The average molecular weight is 1370 g/mol. The van der Waals surface area contributed by atoms with Crippen molar-refractivity contribution in [3.05, 3.63) is 66.3 Å². The standard InChI is InChI=1S/C69H109N9O13S3/c1-7-8-9-10-11-12-13-14-15-16-17-19-22-30-43-93-49-56(74-60(80)47-71-59(79)36-25-24-28-40-78-62(82)37-38-63(78)83)65(85)75-54(39-45-92-6)64(84)72-48-61(81)73-55(46-51(2)3)67(87)77-41-32-35-58(77)66(86)76-57(69(89)90-5)50-94-44-31-23-20-18-21-29-42-91-68(88)52-33-26-27-34-53(52)70-4/h21,23,26-27,29,31,33-34,37-38,51,54-58,70H,7-20,22,24-25,28,30,32,35-36,39-50H2,1-6H3,(H,71,79)(H,72,84)(H,73,81)(H,74,80)(H,75,85)(H,76,86)/b29-21+,31-23+/t54-,55-,56-,57-,58-/m0/s1. The molecule has 94 heavy (non-hydrogen) atoms. The second kappa shape index (κ2) is 50.1. The van der Waals surface area contributed by atoms with Gasteiger partial charge in [0.1, 0.15) is 36.8 Å². The van der Waals surface area contributed by atoms with E-state index in [9.17, 15) is 52.7 Å². The molecular weight excluding hydrogens is 1260 g/mol. The molecule has 25 heteroatoms. The first-order valence-corrected chi connectivity index (χ1v) is 37.7. The molecule has 0 bridgehead atoms. The van der Waals surface area contributed by atoms with Gasteiger partial charge in [0.05, 0.1) is 25.8 Å². The quantitative estimate of drug-likeness (QED) is 0.0139. The summed E-state index contributed by atoms with van der Waals surface area (Å²) in [5.74, 6) is -3.54. The van der Waals surface area contributed by atoms with Gasteiger partial charge in [0, 0.05) is 61.7 Å². The maximum atomic E-state index is 14.3. The summed E-state index contributed by atoms with van der Waals surface area (Å²) >= 11 is 4.39. The molecule has 1 aromatic rings. The number of esters is 2. The van der Waals surface area contributed by atoms with Gasteiger partial charge in [-0.15, -0.1) is 0 Å². The van der Waals surface area contributed by atoms with Crippen LogP contribution in [0.2, 0.25) is 0 Å². The van der Waals surface area contributed by atoms with Crippen molar-refractivity contribution < 1.29 is 62.2 Å². The predicted molar refractivity (Wildman–Crippen MR) is 376 cm³/mol. The fraction of sp³-hybridized carbons (Fsp3) is 0.667. The average Bonchev–Trinajstić information content (AvgIpc) is 1.65. The van der Waals surface area contributed by atoms with Crippen LogP contribution in [-0.4, -0.2) is 187 Å². The summed E-state index contributed by atoms with van der Waals surface area (Å²) in [6.07, 6.45) is 33.6. The van der Waals surface area contributed by atoms with Crippen molar-refractivity contribution in [2.75, 3.05) is 87.3 Å². The smallest absolute Gasteiger partial charge is 0.340 e. The van der Waals surface area contributed by atoms with Gasteiger partial charge in [0.25, 0.3) is 11.8 Å². The molecule has 0 aromatic heterocycles. The van der Waals surface area contributed by atoms with Crippen molar-refractivity contribution >= 4 is 106 Å². The maximum Gasteiger partial charge on any atom is 0.340 e. The Morgan fingerprint density at radius 3 is 1.89 bits per heavy atom. The molecule has 2 aliphatic heterocycles. The zero-order valence-corrected chi connectivity index (χ0v) is 59.2. The second-order valence-electron chi connectivity index (χ2n) is 24.1. The maximum absolute atomic E-state index is 14.3. The molecule has 5 atom stereocenters. The number of carbonyl (C=O) groups is 11. The van der Waals surface area contributed by atoms with Crippen LogP contribution in [0.25, 0.3) is 0 Å². The van der Waals surface area contributed by atoms with Gasteiger partial charge in [-0.3, -0.25) is 48.1 Å². The number of anilines is 1. The van der Waals surface area contributed by atoms with E-state index < -0.39 is 84.1 Å². The van der Waals surface area contributed by atoms with Gasteiger partial charge in [-0.2, -0.15) is 35.3 Å². The number of amides is 9. The van der Waals surface area contributed by atoms with Crippen LogP contribution in [0.5, 0.6) is 0 Å². The Morgan fingerprint density at radius 1 is 0.649 bits per heavy atom. The molecule has 1 aromatic carbocycles. The van der Waals surface area contributed by atoms with Crippen LogP contribution in [-0.2, 0) is 57.4 Å². The van der Waals surface area contributed by atoms with E-state index in [0.29, 0.717) is 54.9 Å². The highest BCUT2D eigenvalue weighted by Crippen LogP contribution is 2.22.